The van der Waals surface area contributed by atoms with E-state index in [-0.39, 0.29) is 11.9 Å². The molecule has 1 atom stereocenters. The van der Waals surface area contributed by atoms with Gasteiger partial charge in [-0.3, -0.25) is 10.1 Å². The average Bonchev–Trinajstić information content (AvgIpc) is 3.11. The van der Waals surface area contributed by atoms with Gasteiger partial charge >= 0.3 is 0 Å². The fourth-order valence-electron chi connectivity index (χ4n) is 2.74. The first kappa shape index (κ1) is 12.7. The van der Waals surface area contributed by atoms with Gasteiger partial charge in [0.1, 0.15) is 0 Å². The summed E-state index contributed by atoms with van der Waals surface area (Å²) in [7, 11) is 0. The number of hydrogen-bond donors (Lipinski definition) is 2. The number of carbonyl (C=O) groups is 1. The number of nitrogens with one attached hydrogen (secondary N) is 2. The second-order valence-electron chi connectivity index (χ2n) is 5.69. The number of aromatic nitrogens is 2. The Morgan fingerprint density at radius 1 is 1.53 bits per heavy atom. The molecule has 0 saturated heterocycles. The molecule has 1 saturated carbocycles. The number of hydrogen-bond acceptors (Lipinski definition) is 3. The Balaban J connectivity index is 1.65. The van der Waals surface area contributed by atoms with Crippen LogP contribution >= 0.6 is 0 Å². The number of H-pyrrole nitrogens is 1. The molecule has 5 heteroatoms. The molecule has 1 fully saturated rings. The summed E-state index contributed by atoms with van der Waals surface area (Å²) >= 11 is 0. The van der Waals surface area contributed by atoms with Crippen molar-refractivity contribution in [2.45, 2.75) is 45.2 Å². The molecule has 1 amide bonds. The molecular weight excluding hydrogens is 240 g/mol. The van der Waals surface area contributed by atoms with Crippen molar-refractivity contribution < 1.29 is 4.79 Å². The molecule has 1 aliphatic carbocycles. The SMILES string of the molecule is CCCN(CC1CC1)C(=O)C1Cc2nc[nH]c2CN1. The van der Waals surface area contributed by atoms with Crippen LogP contribution in [-0.2, 0) is 17.8 Å². The van der Waals surface area contributed by atoms with E-state index in [0.29, 0.717) is 6.42 Å². The lowest BCUT2D eigenvalue weighted by Crippen LogP contribution is -2.50. The van der Waals surface area contributed by atoms with E-state index < -0.39 is 0 Å². The summed E-state index contributed by atoms with van der Waals surface area (Å²) in [5, 5.41) is 3.33. The molecule has 0 bridgehead atoms. The fourth-order valence-corrected chi connectivity index (χ4v) is 2.74. The summed E-state index contributed by atoms with van der Waals surface area (Å²) in [5.74, 6) is 1.00. The minimum atomic E-state index is -0.0962. The zero-order valence-electron chi connectivity index (χ0n) is 11.5. The van der Waals surface area contributed by atoms with Crippen LogP contribution in [0.25, 0.3) is 0 Å². The molecule has 1 aromatic heterocycles. The first-order valence-electron chi connectivity index (χ1n) is 7.31. The molecule has 1 aromatic rings. The minimum Gasteiger partial charge on any atom is -0.347 e. The molecule has 2 heterocycles. The van der Waals surface area contributed by atoms with Gasteiger partial charge in [-0.15, -0.1) is 0 Å². The van der Waals surface area contributed by atoms with E-state index in [1.807, 2.05) is 4.90 Å². The van der Waals surface area contributed by atoms with Crippen LogP contribution in [-0.4, -0.2) is 39.9 Å². The molecular formula is C14H22N4O. The van der Waals surface area contributed by atoms with Gasteiger partial charge < -0.3 is 9.88 Å². The first-order chi connectivity index (χ1) is 9.28. The summed E-state index contributed by atoms with van der Waals surface area (Å²) < 4.78 is 0. The van der Waals surface area contributed by atoms with E-state index in [0.717, 1.165) is 43.4 Å². The Labute approximate surface area is 113 Å². The Kier molecular flexibility index (Phi) is 3.55. The number of rotatable bonds is 5. The standard InChI is InChI=1S/C14H22N4O/c1-2-5-18(8-10-3-4-10)14(19)12-6-11-13(7-15-12)17-9-16-11/h9-10,12,15H,2-8H2,1H3,(H,16,17). The Morgan fingerprint density at radius 3 is 3.11 bits per heavy atom. The van der Waals surface area contributed by atoms with Crippen LogP contribution in [0.15, 0.2) is 6.33 Å². The predicted octanol–water partition coefficient (Wildman–Crippen LogP) is 1.07. The largest absolute Gasteiger partial charge is 0.347 e. The first-order valence-corrected chi connectivity index (χ1v) is 7.31. The summed E-state index contributed by atoms with van der Waals surface area (Å²) in [4.78, 5) is 22.1. The van der Waals surface area contributed by atoms with Crippen LogP contribution in [0.1, 0.15) is 37.6 Å². The van der Waals surface area contributed by atoms with Gasteiger partial charge in [0, 0.05) is 26.1 Å². The number of imidazole rings is 1. The van der Waals surface area contributed by atoms with Gasteiger partial charge in [0.25, 0.3) is 0 Å². The van der Waals surface area contributed by atoms with E-state index in [1.54, 1.807) is 6.33 Å². The number of aromatic amines is 1. The van der Waals surface area contributed by atoms with Crippen molar-refractivity contribution in [3.05, 3.63) is 17.7 Å². The lowest BCUT2D eigenvalue weighted by atomic mass is 10.0. The van der Waals surface area contributed by atoms with Crippen LogP contribution in [0.2, 0.25) is 0 Å². The average molecular weight is 262 g/mol. The van der Waals surface area contributed by atoms with Crippen molar-refractivity contribution in [1.29, 1.82) is 0 Å². The highest BCUT2D eigenvalue weighted by Gasteiger charge is 2.32. The van der Waals surface area contributed by atoms with Gasteiger partial charge in [0.05, 0.1) is 23.8 Å². The summed E-state index contributed by atoms with van der Waals surface area (Å²) in [6.45, 7) is 4.67. The zero-order chi connectivity index (χ0) is 13.2. The third-order valence-corrected chi connectivity index (χ3v) is 4.01. The zero-order valence-corrected chi connectivity index (χ0v) is 11.5. The maximum atomic E-state index is 12.6. The van der Waals surface area contributed by atoms with Gasteiger partial charge in [-0.2, -0.15) is 0 Å². The van der Waals surface area contributed by atoms with Gasteiger partial charge in [0.2, 0.25) is 5.91 Å². The third-order valence-electron chi connectivity index (χ3n) is 4.01. The summed E-state index contributed by atoms with van der Waals surface area (Å²) in [6, 6.07) is -0.0962. The molecule has 1 unspecified atom stereocenters. The predicted molar refractivity (Wildman–Crippen MR) is 72.5 cm³/mol. The Morgan fingerprint density at radius 2 is 2.37 bits per heavy atom. The normalized spacial score (nSPS) is 22.1. The maximum Gasteiger partial charge on any atom is 0.240 e. The monoisotopic (exact) mass is 262 g/mol. The Hall–Kier alpha value is -1.36. The lowest BCUT2D eigenvalue weighted by molar-refractivity contribution is -0.134. The van der Waals surface area contributed by atoms with Crippen LogP contribution in [0.4, 0.5) is 0 Å². The van der Waals surface area contributed by atoms with Gasteiger partial charge in [-0.05, 0) is 25.2 Å². The smallest absolute Gasteiger partial charge is 0.240 e. The van der Waals surface area contributed by atoms with E-state index in [4.69, 9.17) is 0 Å². The van der Waals surface area contributed by atoms with Crippen LogP contribution < -0.4 is 5.32 Å². The van der Waals surface area contributed by atoms with Crippen molar-refractivity contribution in [1.82, 2.24) is 20.2 Å². The fraction of sp³-hybridized carbons (Fsp3) is 0.714. The highest BCUT2D eigenvalue weighted by Crippen LogP contribution is 2.30. The topological polar surface area (TPSA) is 61.0 Å². The lowest BCUT2D eigenvalue weighted by Gasteiger charge is -2.29. The highest BCUT2D eigenvalue weighted by molar-refractivity contribution is 5.82. The van der Waals surface area contributed by atoms with Gasteiger partial charge in [-0.25, -0.2) is 4.98 Å². The summed E-state index contributed by atoms with van der Waals surface area (Å²) in [5.41, 5.74) is 2.16. The minimum absolute atomic E-state index is 0.0962. The van der Waals surface area contributed by atoms with Crippen LogP contribution in [0.3, 0.4) is 0 Å². The van der Waals surface area contributed by atoms with Crippen molar-refractivity contribution in [2.75, 3.05) is 13.1 Å². The van der Waals surface area contributed by atoms with Gasteiger partial charge in [-0.1, -0.05) is 6.92 Å². The van der Waals surface area contributed by atoms with Gasteiger partial charge in [0.15, 0.2) is 0 Å². The molecule has 0 spiro atoms. The van der Waals surface area contributed by atoms with Crippen LogP contribution in [0, 0.1) is 5.92 Å². The molecule has 1 aliphatic heterocycles. The van der Waals surface area contributed by atoms with Crippen molar-refractivity contribution in [3.63, 3.8) is 0 Å². The van der Waals surface area contributed by atoms with Crippen LogP contribution in [0.5, 0.6) is 0 Å². The molecule has 5 nitrogen and oxygen atoms in total. The second kappa shape index (κ2) is 5.33. The molecule has 19 heavy (non-hydrogen) atoms. The molecule has 0 aromatic carbocycles. The van der Waals surface area contributed by atoms with Crippen molar-refractivity contribution >= 4 is 5.91 Å². The molecule has 0 radical (unpaired) electrons. The molecule has 104 valence electrons. The Bertz CT molecular complexity index is 452. The number of carbonyl (C=O) groups excluding carboxylic acids is 1. The van der Waals surface area contributed by atoms with E-state index in [2.05, 4.69) is 22.2 Å². The van der Waals surface area contributed by atoms with E-state index in [1.165, 1.54) is 12.8 Å². The molecule has 2 N–H and O–H groups in total. The van der Waals surface area contributed by atoms with E-state index >= 15 is 0 Å². The van der Waals surface area contributed by atoms with E-state index in [9.17, 15) is 4.79 Å². The van der Waals surface area contributed by atoms with Crippen molar-refractivity contribution in [2.24, 2.45) is 5.92 Å². The number of fused-ring (bicyclic) bond motifs is 1. The number of nitrogens with zero attached hydrogens (tertiary/aromatic N) is 2. The quantitative estimate of drug-likeness (QED) is 0.834. The maximum absolute atomic E-state index is 12.6. The van der Waals surface area contributed by atoms with Crippen molar-refractivity contribution in [3.8, 4) is 0 Å². The second-order valence-corrected chi connectivity index (χ2v) is 5.69. The summed E-state index contributed by atoms with van der Waals surface area (Å²) in [6.07, 6.45) is 6.03. The molecule has 3 rings (SSSR count). The third kappa shape index (κ3) is 2.81. The molecule has 2 aliphatic rings. The number of amides is 1. The highest BCUT2D eigenvalue weighted by atomic mass is 16.2.